The summed E-state index contributed by atoms with van der Waals surface area (Å²) in [5.74, 6) is 0.598. The number of aryl methyl sites for hydroxylation is 2. The molecular weight excluding hydrogens is 254 g/mol. The van der Waals surface area contributed by atoms with Crippen LogP contribution in [0.3, 0.4) is 0 Å². The average molecular weight is 269 g/mol. The molecule has 0 radical (unpaired) electrons. The zero-order valence-electron chi connectivity index (χ0n) is 11.3. The highest BCUT2D eigenvalue weighted by Gasteiger charge is 2.09. The van der Waals surface area contributed by atoms with Crippen LogP contribution in [0.2, 0.25) is 0 Å². The Hall–Kier alpha value is -2.76. The minimum Gasteiger partial charge on any atom is -0.384 e. The van der Waals surface area contributed by atoms with Gasteiger partial charge in [-0.1, -0.05) is 12.1 Å². The van der Waals surface area contributed by atoms with Gasteiger partial charge in [-0.25, -0.2) is 4.79 Å². The fourth-order valence-corrected chi connectivity index (χ4v) is 2.20. The summed E-state index contributed by atoms with van der Waals surface area (Å²) in [5, 5.41) is 4.34. The molecule has 0 bridgehead atoms. The molecule has 3 N–H and O–H groups in total. The summed E-state index contributed by atoms with van der Waals surface area (Å²) in [4.78, 5) is 14.5. The van der Waals surface area contributed by atoms with Crippen LogP contribution in [-0.4, -0.2) is 19.3 Å². The number of hydrogen-bond acceptors (Lipinski definition) is 3. The average Bonchev–Trinajstić information content (AvgIpc) is 2.94. The van der Waals surface area contributed by atoms with E-state index in [1.165, 1.54) is 0 Å². The van der Waals surface area contributed by atoms with Crippen molar-refractivity contribution in [1.29, 1.82) is 0 Å². The van der Waals surface area contributed by atoms with Gasteiger partial charge < -0.3 is 10.7 Å². The Morgan fingerprint density at radius 3 is 2.70 bits per heavy atom. The summed E-state index contributed by atoms with van der Waals surface area (Å²) in [6, 6.07) is 9.46. The number of nitrogens with zero attached hydrogens (tertiary/aromatic N) is 3. The molecule has 0 fully saturated rings. The molecule has 6 heteroatoms. The lowest BCUT2D eigenvalue weighted by Crippen LogP contribution is -2.15. The van der Waals surface area contributed by atoms with E-state index >= 15 is 0 Å². The van der Waals surface area contributed by atoms with Gasteiger partial charge in [-0.15, -0.1) is 0 Å². The topological polar surface area (TPSA) is 81.6 Å². The predicted molar refractivity (Wildman–Crippen MR) is 77.7 cm³/mol. The minimum atomic E-state index is -0.153. The molecule has 0 saturated carbocycles. The van der Waals surface area contributed by atoms with Crippen LogP contribution in [0.1, 0.15) is 5.69 Å². The SMILES string of the molecule is Cc1c[nH]c(=O)n1-c1cccc(-c2cc(N)n(C)n2)c1. The van der Waals surface area contributed by atoms with Gasteiger partial charge in [-0.3, -0.25) is 9.25 Å². The van der Waals surface area contributed by atoms with Crippen LogP contribution >= 0.6 is 0 Å². The Balaban J connectivity index is 2.13. The molecule has 6 nitrogen and oxygen atoms in total. The molecule has 0 aliphatic heterocycles. The zero-order chi connectivity index (χ0) is 14.3. The lowest BCUT2D eigenvalue weighted by Gasteiger charge is -2.05. The van der Waals surface area contributed by atoms with Crippen LogP contribution < -0.4 is 11.4 Å². The number of anilines is 1. The molecule has 3 rings (SSSR count). The van der Waals surface area contributed by atoms with Gasteiger partial charge in [0.1, 0.15) is 5.82 Å². The first kappa shape index (κ1) is 12.3. The van der Waals surface area contributed by atoms with E-state index in [9.17, 15) is 4.79 Å². The molecule has 0 aliphatic rings. The van der Waals surface area contributed by atoms with Crippen LogP contribution in [0.15, 0.2) is 41.3 Å². The summed E-state index contributed by atoms with van der Waals surface area (Å²) < 4.78 is 3.24. The quantitative estimate of drug-likeness (QED) is 0.739. The lowest BCUT2D eigenvalue weighted by atomic mass is 10.1. The first-order valence-corrected chi connectivity index (χ1v) is 6.23. The van der Waals surface area contributed by atoms with Gasteiger partial charge in [0, 0.05) is 30.6 Å². The molecule has 0 aliphatic carbocycles. The van der Waals surface area contributed by atoms with Crippen LogP contribution in [0, 0.1) is 6.92 Å². The van der Waals surface area contributed by atoms with Gasteiger partial charge in [0.05, 0.1) is 11.4 Å². The maximum absolute atomic E-state index is 11.8. The molecule has 0 unspecified atom stereocenters. The summed E-state index contributed by atoms with van der Waals surface area (Å²) >= 11 is 0. The molecule has 20 heavy (non-hydrogen) atoms. The summed E-state index contributed by atoms with van der Waals surface area (Å²) in [7, 11) is 1.80. The number of aromatic nitrogens is 4. The molecule has 0 atom stereocenters. The van der Waals surface area contributed by atoms with Gasteiger partial charge in [0.25, 0.3) is 0 Å². The fourth-order valence-electron chi connectivity index (χ4n) is 2.20. The van der Waals surface area contributed by atoms with Crippen LogP contribution in [-0.2, 0) is 7.05 Å². The van der Waals surface area contributed by atoms with Crippen molar-refractivity contribution in [3.63, 3.8) is 0 Å². The first-order chi connectivity index (χ1) is 9.56. The van der Waals surface area contributed by atoms with E-state index in [4.69, 9.17) is 5.73 Å². The van der Waals surface area contributed by atoms with Crippen molar-refractivity contribution in [3.05, 3.63) is 52.7 Å². The van der Waals surface area contributed by atoms with E-state index in [1.54, 1.807) is 22.5 Å². The number of hydrogen-bond donors (Lipinski definition) is 2. The summed E-state index contributed by atoms with van der Waals surface area (Å²) in [6.07, 6.45) is 1.69. The third-order valence-electron chi connectivity index (χ3n) is 3.28. The number of imidazole rings is 1. The summed E-state index contributed by atoms with van der Waals surface area (Å²) in [6.45, 7) is 1.88. The molecule has 1 aromatic carbocycles. The number of nitrogens with two attached hydrogens (primary N) is 1. The fraction of sp³-hybridized carbons (Fsp3) is 0.143. The van der Waals surface area contributed by atoms with E-state index < -0.39 is 0 Å². The van der Waals surface area contributed by atoms with Gasteiger partial charge in [-0.2, -0.15) is 5.10 Å². The third-order valence-corrected chi connectivity index (χ3v) is 3.28. The Morgan fingerprint density at radius 2 is 2.10 bits per heavy atom. The van der Waals surface area contributed by atoms with Crippen molar-refractivity contribution in [1.82, 2.24) is 19.3 Å². The van der Waals surface area contributed by atoms with Crippen LogP contribution in [0.5, 0.6) is 0 Å². The van der Waals surface area contributed by atoms with Crippen LogP contribution in [0.4, 0.5) is 5.82 Å². The Labute approximate surface area is 115 Å². The number of H-pyrrole nitrogens is 1. The van der Waals surface area contributed by atoms with Crippen molar-refractivity contribution < 1.29 is 0 Å². The second-order valence-electron chi connectivity index (χ2n) is 4.70. The van der Waals surface area contributed by atoms with Crippen LogP contribution in [0.25, 0.3) is 16.9 Å². The maximum atomic E-state index is 11.8. The Bertz CT molecular complexity index is 805. The molecule has 3 aromatic rings. The number of nitrogens with one attached hydrogen (secondary N) is 1. The normalized spacial score (nSPS) is 10.9. The molecule has 0 amide bonds. The van der Waals surface area contributed by atoms with E-state index in [2.05, 4.69) is 10.1 Å². The Kier molecular flexibility index (Phi) is 2.71. The molecule has 2 heterocycles. The van der Waals surface area contributed by atoms with Crippen molar-refractivity contribution in [3.8, 4) is 16.9 Å². The Morgan fingerprint density at radius 1 is 1.30 bits per heavy atom. The highest BCUT2D eigenvalue weighted by molar-refractivity contribution is 5.65. The lowest BCUT2D eigenvalue weighted by molar-refractivity contribution is 0.782. The second kappa shape index (κ2) is 4.41. The van der Waals surface area contributed by atoms with Crippen molar-refractivity contribution in [2.45, 2.75) is 6.92 Å². The molecule has 2 aromatic heterocycles. The molecular formula is C14H15N5O. The smallest absolute Gasteiger partial charge is 0.330 e. The van der Waals surface area contributed by atoms with E-state index in [0.717, 1.165) is 22.6 Å². The van der Waals surface area contributed by atoms with Crippen molar-refractivity contribution >= 4 is 5.82 Å². The van der Waals surface area contributed by atoms with Crippen molar-refractivity contribution in [2.75, 3.05) is 5.73 Å². The zero-order valence-corrected chi connectivity index (χ0v) is 11.3. The van der Waals surface area contributed by atoms with Gasteiger partial charge in [0.2, 0.25) is 0 Å². The molecule has 0 spiro atoms. The number of nitrogen functional groups attached to an aromatic ring is 1. The number of benzene rings is 1. The van der Waals surface area contributed by atoms with Gasteiger partial charge in [-0.05, 0) is 19.1 Å². The van der Waals surface area contributed by atoms with Gasteiger partial charge in [0.15, 0.2) is 0 Å². The second-order valence-corrected chi connectivity index (χ2v) is 4.70. The number of rotatable bonds is 2. The predicted octanol–water partition coefficient (Wildman–Crippen LogP) is 1.46. The van der Waals surface area contributed by atoms with E-state index in [1.807, 2.05) is 37.3 Å². The molecule has 102 valence electrons. The van der Waals surface area contributed by atoms with E-state index in [0.29, 0.717) is 5.82 Å². The molecule has 0 saturated heterocycles. The highest BCUT2D eigenvalue weighted by Crippen LogP contribution is 2.22. The summed E-state index contributed by atoms with van der Waals surface area (Å²) in [5.41, 5.74) is 9.01. The maximum Gasteiger partial charge on any atom is 0.330 e. The number of aromatic amines is 1. The standard InChI is InChI=1S/C14H15N5O/c1-9-8-16-14(20)19(9)11-5-3-4-10(6-11)12-7-13(15)18(2)17-12/h3-8H,15H2,1-2H3,(H,16,20). The van der Waals surface area contributed by atoms with Crippen molar-refractivity contribution in [2.24, 2.45) is 7.05 Å². The van der Waals surface area contributed by atoms with Gasteiger partial charge >= 0.3 is 5.69 Å². The highest BCUT2D eigenvalue weighted by atomic mass is 16.1. The largest absolute Gasteiger partial charge is 0.384 e. The first-order valence-electron chi connectivity index (χ1n) is 6.23. The monoisotopic (exact) mass is 269 g/mol. The van der Waals surface area contributed by atoms with E-state index in [-0.39, 0.29) is 5.69 Å². The minimum absolute atomic E-state index is 0.153. The third kappa shape index (κ3) is 1.91.